The number of hydrogen-bond acceptors (Lipinski definition) is 5. The Hall–Kier alpha value is -3.67. The first kappa shape index (κ1) is 18.7. The molecule has 0 saturated carbocycles. The maximum absolute atomic E-state index is 13.0. The highest BCUT2D eigenvalue weighted by Gasteiger charge is 2.15. The molecule has 4 aromatic rings. The van der Waals surface area contributed by atoms with Crippen LogP contribution < -0.4 is 15.1 Å². The second-order valence-corrected chi connectivity index (χ2v) is 6.59. The summed E-state index contributed by atoms with van der Waals surface area (Å²) in [6.45, 7) is 1.55. The molecule has 146 valence electrons. The number of Topliss-reactive ketones (excluding diaryl/α,β-unsaturated/α-hetero) is 1. The van der Waals surface area contributed by atoms with Crippen LogP contribution in [-0.4, -0.2) is 19.5 Å². The van der Waals surface area contributed by atoms with Crippen LogP contribution in [0.2, 0.25) is 0 Å². The van der Waals surface area contributed by atoms with Crippen molar-refractivity contribution in [3.8, 4) is 11.5 Å². The van der Waals surface area contributed by atoms with E-state index >= 15 is 0 Å². The Labute approximate surface area is 165 Å². The molecule has 5 nitrogen and oxygen atoms in total. The minimum atomic E-state index is -0.478. The highest BCUT2D eigenvalue weighted by Crippen LogP contribution is 2.32. The van der Waals surface area contributed by atoms with Crippen LogP contribution in [0.15, 0.2) is 63.8 Å². The molecule has 0 aliphatic carbocycles. The summed E-state index contributed by atoms with van der Waals surface area (Å²) in [4.78, 5) is 24.7. The van der Waals surface area contributed by atoms with Crippen LogP contribution in [0, 0.1) is 12.7 Å². The number of hydrogen-bond donors (Lipinski definition) is 0. The smallest absolute Gasteiger partial charge is 0.344 e. The lowest BCUT2D eigenvalue weighted by Crippen LogP contribution is -2.12. The number of ether oxygens (including phenoxy) is 2. The van der Waals surface area contributed by atoms with E-state index in [0.717, 1.165) is 10.8 Å². The number of benzene rings is 3. The van der Waals surface area contributed by atoms with Crippen molar-refractivity contribution in [3.05, 3.63) is 82.0 Å². The Balaban J connectivity index is 1.69. The fourth-order valence-electron chi connectivity index (χ4n) is 3.24. The molecule has 1 heterocycles. The number of rotatable bonds is 5. The van der Waals surface area contributed by atoms with Crippen molar-refractivity contribution < 1.29 is 23.1 Å². The van der Waals surface area contributed by atoms with Crippen molar-refractivity contribution in [2.24, 2.45) is 0 Å². The van der Waals surface area contributed by atoms with E-state index in [0.29, 0.717) is 33.6 Å². The number of fused-ring (bicyclic) bond motifs is 3. The highest BCUT2D eigenvalue weighted by atomic mass is 19.1. The van der Waals surface area contributed by atoms with E-state index in [1.54, 1.807) is 31.2 Å². The van der Waals surface area contributed by atoms with Gasteiger partial charge in [-0.1, -0.05) is 0 Å². The molecule has 0 fully saturated rings. The van der Waals surface area contributed by atoms with Crippen LogP contribution in [0.5, 0.6) is 11.5 Å². The molecule has 0 saturated heterocycles. The molecule has 0 unspecified atom stereocenters. The van der Waals surface area contributed by atoms with E-state index in [2.05, 4.69) is 0 Å². The topological polar surface area (TPSA) is 65.7 Å². The number of aryl methyl sites for hydroxylation is 1. The summed E-state index contributed by atoms with van der Waals surface area (Å²) in [6, 6.07) is 14.0. The lowest BCUT2D eigenvalue weighted by atomic mass is 10.0. The Morgan fingerprint density at radius 3 is 2.45 bits per heavy atom. The number of carbonyl (C=O) groups excluding carboxylic acids is 1. The summed E-state index contributed by atoms with van der Waals surface area (Å²) >= 11 is 0. The summed E-state index contributed by atoms with van der Waals surface area (Å²) in [5, 5.41) is 1.93. The average Bonchev–Trinajstić information content (AvgIpc) is 2.74. The van der Waals surface area contributed by atoms with Crippen LogP contribution in [-0.2, 0) is 0 Å². The molecule has 0 aliphatic rings. The number of carbonyl (C=O) groups is 1. The lowest BCUT2D eigenvalue weighted by Gasteiger charge is -2.12. The van der Waals surface area contributed by atoms with E-state index in [1.807, 2.05) is 6.07 Å². The van der Waals surface area contributed by atoms with Gasteiger partial charge in [-0.05, 0) is 61.5 Å². The zero-order valence-corrected chi connectivity index (χ0v) is 15.8. The maximum atomic E-state index is 13.0. The van der Waals surface area contributed by atoms with Crippen LogP contribution in [0.3, 0.4) is 0 Å². The maximum Gasteiger partial charge on any atom is 0.344 e. The van der Waals surface area contributed by atoms with E-state index in [4.69, 9.17) is 13.9 Å². The first-order valence-corrected chi connectivity index (χ1v) is 8.93. The third kappa shape index (κ3) is 3.45. The van der Waals surface area contributed by atoms with Crippen LogP contribution in [0.25, 0.3) is 21.7 Å². The minimum absolute atomic E-state index is 0.215. The van der Waals surface area contributed by atoms with Crippen molar-refractivity contribution in [3.63, 3.8) is 0 Å². The zero-order chi connectivity index (χ0) is 20.5. The quantitative estimate of drug-likeness (QED) is 0.281. The van der Waals surface area contributed by atoms with Gasteiger partial charge in [0.15, 0.2) is 12.4 Å². The van der Waals surface area contributed by atoms with Gasteiger partial charge in [-0.15, -0.1) is 0 Å². The third-order valence-corrected chi connectivity index (χ3v) is 4.81. The monoisotopic (exact) mass is 392 g/mol. The first-order chi connectivity index (χ1) is 14.0. The summed E-state index contributed by atoms with van der Waals surface area (Å²) < 4.78 is 29.4. The molecule has 0 amide bonds. The van der Waals surface area contributed by atoms with Gasteiger partial charge < -0.3 is 13.9 Å². The molecule has 6 heteroatoms. The van der Waals surface area contributed by atoms with Gasteiger partial charge >= 0.3 is 5.63 Å². The predicted molar refractivity (Wildman–Crippen MR) is 108 cm³/mol. The highest BCUT2D eigenvalue weighted by molar-refractivity contribution is 6.06. The van der Waals surface area contributed by atoms with E-state index in [1.165, 1.54) is 31.4 Å². The van der Waals surface area contributed by atoms with Gasteiger partial charge in [0.1, 0.15) is 22.9 Å². The van der Waals surface area contributed by atoms with Gasteiger partial charge in [-0.2, -0.15) is 0 Å². The summed E-state index contributed by atoms with van der Waals surface area (Å²) in [7, 11) is 1.53. The van der Waals surface area contributed by atoms with Gasteiger partial charge in [-0.25, -0.2) is 9.18 Å². The first-order valence-electron chi connectivity index (χ1n) is 8.93. The zero-order valence-electron chi connectivity index (χ0n) is 15.8. The second kappa shape index (κ2) is 7.39. The summed E-state index contributed by atoms with van der Waals surface area (Å²) in [5.74, 6) is 0.313. The molecule has 0 atom stereocenters. The molecule has 0 radical (unpaired) electrons. The molecular formula is C23H17FO5. The Bertz CT molecular complexity index is 1290. The second-order valence-electron chi connectivity index (χ2n) is 6.59. The molecule has 0 aliphatic heterocycles. The van der Waals surface area contributed by atoms with Gasteiger partial charge in [0.2, 0.25) is 0 Å². The molecule has 0 spiro atoms. The van der Waals surface area contributed by atoms with Gasteiger partial charge in [0.05, 0.1) is 12.5 Å². The normalized spacial score (nSPS) is 11.0. The lowest BCUT2D eigenvalue weighted by molar-refractivity contribution is 0.0921. The van der Waals surface area contributed by atoms with E-state index < -0.39 is 11.4 Å². The number of halogens is 1. The van der Waals surface area contributed by atoms with Gasteiger partial charge in [0, 0.05) is 21.9 Å². The largest absolute Gasteiger partial charge is 0.497 e. The van der Waals surface area contributed by atoms with Crippen LogP contribution in [0.1, 0.15) is 15.9 Å². The molecule has 0 bridgehead atoms. The summed E-state index contributed by atoms with van der Waals surface area (Å²) in [5.41, 5.74) is 0.897. The summed E-state index contributed by atoms with van der Waals surface area (Å²) in [6.07, 6.45) is 0. The van der Waals surface area contributed by atoms with Crippen molar-refractivity contribution in [1.82, 2.24) is 0 Å². The van der Waals surface area contributed by atoms with Crippen molar-refractivity contribution in [1.29, 1.82) is 0 Å². The average molecular weight is 392 g/mol. The van der Waals surface area contributed by atoms with E-state index in [9.17, 15) is 14.0 Å². The Kier molecular flexibility index (Phi) is 4.76. The molecule has 29 heavy (non-hydrogen) atoms. The molecule has 0 N–H and O–H groups in total. The Morgan fingerprint density at radius 2 is 1.72 bits per heavy atom. The standard InChI is InChI=1S/C23H17FO5/c1-13-21(28-12-20(25)14-3-5-15(24)6-4-14)10-9-18-17-8-7-16(27-2)11-19(17)23(26)29-22(13)18/h3-11H,12H2,1-2H3. The molecule has 1 aromatic heterocycles. The molecule has 4 rings (SSSR count). The van der Waals surface area contributed by atoms with Crippen LogP contribution >= 0.6 is 0 Å². The van der Waals surface area contributed by atoms with Crippen molar-refractivity contribution >= 4 is 27.5 Å². The van der Waals surface area contributed by atoms with Gasteiger partial charge in [0.25, 0.3) is 0 Å². The Morgan fingerprint density at radius 1 is 1.00 bits per heavy atom. The van der Waals surface area contributed by atoms with Crippen LogP contribution in [0.4, 0.5) is 4.39 Å². The SMILES string of the molecule is COc1ccc2c(c1)c(=O)oc1c(C)c(OCC(=O)c3ccc(F)cc3)ccc12. The van der Waals surface area contributed by atoms with E-state index in [-0.39, 0.29) is 12.4 Å². The van der Waals surface area contributed by atoms with Crippen molar-refractivity contribution in [2.45, 2.75) is 6.92 Å². The predicted octanol–water partition coefficient (Wildman–Crippen LogP) is 4.66. The fraction of sp³-hybridized carbons (Fsp3) is 0.130. The molecule has 3 aromatic carbocycles. The third-order valence-electron chi connectivity index (χ3n) is 4.81. The fourth-order valence-corrected chi connectivity index (χ4v) is 3.24. The van der Waals surface area contributed by atoms with Crippen molar-refractivity contribution in [2.75, 3.05) is 13.7 Å². The van der Waals surface area contributed by atoms with Gasteiger partial charge in [-0.3, -0.25) is 4.79 Å². The number of ketones is 1. The number of methoxy groups -OCH3 is 1. The molecular weight excluding hydrogens is 375 g/mol. The minimum Gasteiger partial charge on any atom is -0.497 e.